The van der Waals surface area contributed by atoms with Gasteiger partial charge in [0.2, 0.25) is 5.76 Å². The van der Waals surface area contributed by atoms with E-state index in [4.69, 9.17) is 8.94 Å². The zero-order valence-electron chi connectivity index (χ0n) is 17.8. The highest BCUT2D eigenvalue weighted by Gasteiger charge is 2.44. The van der Waals surface area contributed by atoms with E-state index in [1.165, 1.54) is 4.90 Å². The van der Waals surface area contributed by atoms with E-state index < -0.39 is 11.9 Å². The van der Waals surface area contributed by atoms with Crippen molar-refractivity contribution in [2.45, 2.75) is 39.2 Å². The second-order valence-corrected chi connectivity index (χ2v) is 8.92. The molecule has 31 heavy (non-hydrogen) atoms. The van der Waals surface area contributed by atoms with Crippen LogP contribution >= 0.6 is 0 Å². The van der Waals surface area contributed by atoms with Crippen LogP contribution in [0.15, 0.2) is 68.3 Å². The monoisotopic (exact) mass is 414 g/mol. The molecule has 2 aromatic heterocycles. The predicted octanol–water partition coefficient (Wildman–Crippen LogP) is 5.14. The van der Waals surface area contributed by atoms with E-state index in [1.54, 1.807) is 37.3 Å². The number of aromatic nitrogens is 1. The first-order valence-corrected chi connectivity index (χ1v) is 10.2. The zero-order valence-corrected chi connectivity index (χ0v) is 17.8. The Labute approximate surface area is 179 Å². The van der Waals surface area contributed by atoms with E-state index in [1.807, 2.05) is 24.3 Å². The molecule has 1 aliphatic heterocycles. The largest absolute Gasteiger partial charge is 0.450 e. The number of hydrogen-bond donors (Lipinski definition) is 0. The first kappa shape index (κ1) is 19.3. The number of nitrogens with zero attached hydrogens (tertiary/aromatic N) is 2. The van der Waals surface area contributed by atoms with Crippen molar-refractivity contribution >= 4 is 22.7 Å². The Morgan fingerprint density at radius 2 is 1.71 bits per heavy atom. The summed E-state index contributed by atoms with van der Waals surface area (Å²) in [4.78, 5) is 28.4. The van der Waals surface area contributed by atoms with Crippen molar-refractivity contribution in [3.8, 4) is 0 Å². The minimum Gasteiger partial charge on any atom is -0.450 e. The molecule has 6 heteroatoms. The summed E-state index contributed by atoms with van der Waals surface area (Å²) in [7, 11) is 0. The van der Waals surface area contributed by atoms with Gasteiger partial charge >= 0.3 is 0 Å². The number of rotatable bonds is 2. The maximum absolute atomic E-state index is 13.5. The summed E-state index contributed by atoms with van der Waals surface area (Å²) in [6.07, 6.45) is 0. The summed E-state index contributed by atoms with van der Waals surface area (Å²) in [5.41, 5.74) is 2.46. The van der Waals surface area contributed by atoms with Gasteiger partial charge in [0.1, 0.15) is 11.3 Å². The molecule has 1 atom stereocenters. The number of carbonyl (C=O) groups excluding carboxylic acids is 1. The van der Waals surface area contributed by atoms with E-state index in [2.05, 4.69) is 25.9 Å². The molecule has 0 bridgehead atoms. The Morgan fingerprint density at radius 1 is 1.00 bits per heavy atom. The highest BCUT2D eigenvalue weighted by atomic mass is 16.5. The summed E-state index contributed by atoms with van der Waals surface area (Å²) >= 11 is 0. The lowest BCUT2D eigenvalue weighted by Crippen LogP contribution is -2.29. The third-order valence-corrected chi connectivity index (χ3v) is 5.73. The summed E-state index contributed by atoms with van der Waals surface area (Å²) in [6.45, 7) is 8.18. The number of aryl methyl sites for hydroxylation is 1. The van der Waals surface area contributed by atoms with Gasteiger partial charge in [-0.1, -0.05) is 62.3 Å². The number of benzene rings is 2. The Morgan fingerprint density at radius 3 is 2.35 bits per heavy atom. The molecule has 0 fully saturated rings. The lowest BCUT2D eigenvalue weighted by Gasteiger charge is -2.24. The molecule has 6 nitrogen and oxygen atoms in total. The normalized spacial score (nSPS) is 16.2. The van der Waals surface area contributed by atoms with E-state index in [9.17, 15) is 9.59 Å². The van der Waals surface area contributed by atoms with Gasteiger partial charge in [-0.2, -0.15) is 0 Å². The van der Waals surface area contributed by atoms with Crippen LogP contribution in [0, 0.1) is 6.92 Å². The average molecular weight is 414 g/mol. The second-order valence-electron chi connectivity index (χ2n) is 8.92. The maximum Gasteiger partial charge on any atom is 0.296 e. The highest BCUT2D eigenvalue weighted by molar-refractivity contribution is 6.10. The molecule has 0 aliphatic carbocycles. The lowest BCUT2D eigenvalue weighted by molar-refractivity contribution is 0.0969. The van der Waals surface area contributed by atoms with Gasteiger partial charge in [0.05, 0.1) is 17.0 Å². The minimum absolute atomic E-state index is 0.0138. The molecule has 5 rings (SSSR count). The number of para-hydroxylation sites is 1. The molecule has 156 valence electrons. The van der Waals surface area contributed by atoms with Crippen LogP contribution in [0.1, 0.15) is 59.8 Å². The number of carbonyl (C=O) groups is 1. The van der Waals surface area contributed by atoms with Crippen LogP contribution in [0.3, 0.4) is 0 Å². The smallest absolute Gasteiger partial charge is 0.296 e. The maximum atomic E-state index is 13.5. The summed E-state index contributed by atoms with van der Waals surface area (Å²) in [5.74, 6) is 0.567. The van der Waals surface area contributed by atoms with Gasteiger partial charge in [-0.15, -0.1) is 0 Å². The fourth-order valence-electron chi connectivity index (χ4n) is 4.10. The second kappa shape index (κ2) is 6.67. The number of amides is 1. The van der Waals surface area contributed by atoms with Gasteiger partial charge in [0, 0.05) is 6.07 Å². The fraction of sp³-hybridized carbons (Fsp3) is 0.240. The standard InChI is InChI=1S/C25H22N2O4/c1-14-13-19(26-31-14)27-21(15-9-11-16(12-10-15)25(2,3)4)20-22(28)17-7-5-6-8-18(17)30-23(20)24(27)29/h5-13,21H,1-4H3/t21-/m0/s1. The SMILES string of the molecule is Cc1cc(N2C(=O)c3oc4ccccc4c(=O)c3[C@@H]2c2ccc(C(C)(C)C)cc2)no1. The summed E-state index contributed by atoms with van der Waals surface area (Å²) < 4.78 is 11.2. The summed E-state index contributed by atoms with van der Waals surface area (Å²) in [6, 6.07) is 16.0. The molecule has 0 saturated carbocycles. The van der Waals surface area contributed by atoms with Gasteiger partial charge in [0.15, 0.2) is 11.2 Å². The molecule has 0 N–H and O–H groups in total. The number of hydrogen-bond acceptors (Lipinski definition) is 5. The number of fused-ring (bicyclic) bond motifs is 2. The van der Waals surface area contributed by atoms with Gasteiger partial charge in [0.25, 0.3) is 5.91 Å². The van der Waals surface area contributed by atoms with Crippen LogP contribution in [0.2, 0.25) is 0 Å². The van der Waals surface area contributed by atoms with Crippen molar-refractivity contribution in [1.29, 1.82) is 0 Å². The zero-order chi connectivity index (χ0) is 21.9. The Balaban J connectivity index is 1.76. The molecule has 0 spiro atoms. The average Bonchev–Trinajstić information content (AvgIpc) is 3.29. The topological polar surface area (TPSA) is 76.6 Å². The third kappa shape index (κ3) is 2.98. The van der Waals surface area contributed by atoms with E-state index in [0.29, 0.717) is 28.1 Å². The lowest BCUT2D eigenvalue weighted by atomic mass is 9.86. The van der Waals surface area contributed by atoms with Crippen LogP contribution in [-0.2, 0) is 5.41 Å². The van der Waals surface area contributed by atoms with Crippen molar-refractivity contribution in [2.75, 3.05) is 4.90 Å². The Kier molecular flexibility index (Phi) is 4.15. The van der Waals surface area contributed by atoms with E-state index >= 15 is 0 Å². The Hall–Kier alpha value is -3.67. The molecule has 1 amide bonds. The Bertz CT molecular complexity index is 1370. The highest BCUT2D eigenvalue weighted by Crippen LogP contribution is 2.41. The molecule has 0 radical (unpaired) electrons. The van der Waals surface area contributed by atoms with Crippen LogP contribution in [0.4, 0.5) is 5.82 Å². The van der Waals surface area contributed by atoms with Gasteiger partial charge in [-0.05, 0) is 35.6 Å². The van der Waals surface area contributed by atoms with E-state index in [0.717, 1.165) is 11.1 Å². The van der Waals surface area contributed by atoms with Crippen LogP contribution in [0.25, 0.3) is 11.0 Å². The quantitative estimate of drug-likeness (QED) is 0.454. The van der Waals surface area contributed by atoms with Crippen molar-refractivity contribution in [3.63, 3.8) is 0 Å². The van der Waals surface area contributed by atoms with Gasteiger partial charge < -0.3 is 8.94 Å². The van der Waals surface area contributed by atoms with Crippen molar-refractivity contribution < 1.29 is 13.7 Å². The van der Waals surface area contributed by atoms with Crippen LogP contribution < -0.4 is 10.3 Å². The van der Waals surface area contributed by atoms with Gasteiger partial charge in [-0.25, -0.2) is 0 Å². The molecule has 0 unspecified atom stereocenters. The number of anilines is 1. The molecule has 4 aromatic rings. The predicted molar refractivity (Wildman–Crippen MR) is 118 cm³/mol. The van der Waals surface area contributed by atoms with E-state index in [-0.39, 0.29) is 16.6 Å². The van der Waals surface area contributed by atoms with Crippen LogP contribution in [0.5, 0.6) is 0 Å². The third-order valence-electron chi connectivity index (χ3n) is 5.73. The first-order chi connectivity index (χ1) is 14.8. The minimum atomic E-state index is -0.651. The van der Waals surface area contributed by atoms with Crippen molar-refractivity contribution in [3.05, 3.63) is 93.0 Å². The molecular weight excluding hydrogens is 392 g/mol. The molecular formula is C25H22N2O4. The van der Waals surface area contributed by atoms with Gasteiger partial charge in [-0.3, -0.25) is 14.5 Å². The molecule has 1 aliphatic rings. The van der Waals surface area contributed by atoms with Crippen LogP contribution in [-0.4, -0.2) is 11.1 Å². The first-order valence-electron chi connectivity index (χ1n) is 10.2. The van der Waals surface area contributed by atoms with Crippen molar-refractivity contribution in [2.24, 2.45) is 0 Å². The summed E-state index contributed by atoms with van der Waals surface area (Å²) in [5, 5.41) is 4.50. The molecule has 3 heterocycles. The molecule has 2 aromatic carbocycles. The fourth-order valence-corrected chi connectivity index (χ4v) is 4.10. The molecule has 0 saturated heterocycles. The van der Waals surface area contributed by atoms with Crippen molar-refractivity contribution in [1.82, 2.24) is 5.16 Å².